The van der Waals surface area contributed by atoms with Gasteiger partial charge in [0, 0.05) is 35.8 Å². The Labute approximate surface area is 281 Å². The van der Waals surface area contributed by atoms with Gasteiger partial charge in [-0.2, -0.15) is 0 Å². The Balaban J connectivity index is 1.32. The summed E-state index contributed by atoms with van der Waals surface area (Å²) in [5.41, 5.74) is 1.92. The number of cyclic esters (lactones) is 1. The molecule has 2 N–H and O–H groups in total. The number of ether oxygens (including phenoxy) is 3. The van der Waals surface area contributed by atoms with Crippen LogP contribution < -0.4 is 14.5 Å². The second-order valence-corrected chi connectivity index (χ2v) is 17.3. The Morgan fingerprint density at radius 3 is 2.42 bits per heavy atom. The number of nitrogens with zero attached hydrogens (tertiary/aromatic N) is 3. The van der Waals surface area contributed by atoms with Crippen LogP contribution in [0.15, 0.2) is 72.8 Å². The third-order valence-electron chi connectivity index (χ3n) is 9.86. The van der Waals surface area contributed by atoms with Crippen molar-refractivity contribution in [2.75, 3.05) is 43.2 Å². The van der Waals surface area contributed by atoms with Crippen molar-refractivity contribution in [3.63, 3.8) is 0 Å². The monoisotopic (exact) mass is 673 g/mol. The summed E-state index contributed by atoms with van der Waals surface area (Å²) in [6.45, 7) is 6.93. The molecule has 0 aliphatic carbocycles. The average Bonchev–Trinajstić information content (AvgIpc) is 3.70. The number of hydrogen-bond acceptors (Lipinski definition) is 8. The van der Waals surface area contributed by atoms with Crippen LogP contribution in [0.3, 0.4) is 0 Å². The van der Waals surface area contributed by atoms with E-state index in [-0.39, 0.29) is 44.0 Å². The normalized spacial score (nSPS) is 23.5. The van der Waals surface area contributed by atoms with Gasteiger partial charge in [-0.05, 0) is 54.6 Å². The molecule has 2 saturated heterocycles. The molecule has 0 unspecified atom stereocenters. The molecular formula is C36H43N3O8Si. The van der Waals surface area contributed by atoms with E-state index in [1.807, 2.05) is 86.7 Å². The van der Waals surface area contributed by atoms with Crippen molar-refractivity contribution in [1.29, 1.82) is 0 Å². The number of carbonyl (C=O) groups is 3. The van der Waals surface area contributed by atoms with Crippen molar-refractivity contribution in [1.82, 2.24) is 4.90 Å². The average molecular weight is 674 g/mol. The molecule has 3 aliphatic heterocycles. The second kappa shape index (κ2) is 13.3. The molecule has 11 nitrogen and oxygen atoms in total. The van der Waals surface area contributed by atoms with E-state index >= 15 is 0 Å². The Bertz CT molecular complexity index is 1660. The summed E-state index contributed by atoms with van der Waals surface area (Å²) >= 11 is 0. The zero-order chi connectivity index (χ0) is 34.2. The van der Waals surface area contributed by atoms with Gasteiger partial charge in [-0.15, -0.1) is 0 Å². The molecule has 2 fully saturated rings. The van der Waals surface area contributed by atoms with Crippen molar-refractivity contribution >= 4 is 37.6 Å². The minimum absolute atomic E-state index is 0.0481. The second-order valence-electron chi connectivity index (χ2n) is 13.3. The van der Waals surface area contributed by atoms with Crippen molar-refractivity contribution in [3.8, 4) is 5.75 Å². The molecule has 0 radical (unpaired) electrons. The number of benzene rings is 3. The maximum absolute atomic E-state index is 14.8. The lowest BCUT2D eigenvalue weighted by Crippen LogP contribution is -2.46. The number of hydrogen-bond donors (Lipinski definition) is 2. The van der Waals surface area contributed by atoms with E-state index in [0.29, 0.717) is 36.7 Å². The summed E-state index contributed by atoms with van der Waals surface area (Å²) in [5.74, 6) is -0.385. The highest BCUT2D eigenvalue weighted by Gasteiger charge is 2.66. The van der Waals surface area contributed by atoms with Gasteiger partial charge >= 0.3 is 6.09 Å². The van der Waals surface area contributed by atoms with Gasteiger partial charge in [0.05, 0.1) is 45.0 Å². The van der Waals surface area contributed by atoms with Crippen LogP contribution in [0.5, 0.6) is 5.75 Å². The third-order valence-corrected chi connectivity index (χ3v) is 12.4. The van der Waals surface area contributed by atoms with E-state index in [4.69, 9.17) is 14.2 Å². The molecule has 3 heterocycles. The molecule has 12 heteroatoms. The molecule has 254 valence electrons. The lowest BCUT2D eigenvalue weighted by atomic mass is 9.82. The van der Waals surface area contributed by atoms with Crippen LogP contribution in [-0.2, 0) is 37.8 Å². The summed E-state index contributed by atoms with van der Waals surface area (Å²) in [6.07, 6.45) is -1.17. The SMILES string of the molecule is COc1ccc2c(c1)[C@@]1(O[C@H](CC(=O)N(CCO)Cc3ccccc3)[C@@H]([Si](C)(C)O)[C@@H]1C)C(=O)N2Cc1ccc(N2CCOC2=O)cc1. The Morgan fingerprint density at radius 2 is 1.79 bits per heavy atom. The van der Waals surface area contributed by atoms with Crippen LogP contribution in [0.4, 0.5) is 16.2 Å². The number of anilines is 2. The van der Waals surface area contributed by atoms with Crippen molar-refractivity contribution in [2.45, 2.75) is 56.8 Å². The minimum Gasteiger partial charge on any atom is -0.497 e. The van der Waals surface area contributed by atoms with Crippen LogP contribution in [0.2, 0.25) is 18.6 Å². The number of carbonyl (C=O) groups excluding carboxylic acids is 3. The maximum Gasteiger partial charge on any atom is 0.414 e. The van der Waals surface area contributed by atoms with E-state index < -0.39 is 31.5 Å². The van der Waals surface area contributed by atoms with Crippen LogP contribution in [0.25, 0.3) is 0 Å². The molecule has 6 rings (SSSR count). The minimum atomic E-state index is -3.02. The van der Waals surface area contributed by atoms with Crippen LogP contribution >= 0.6 is 0 Å². The first kappa shape index (κ1) is 33.7. The number of aliphatic hydroxyl groups is 1. The molecule has 3 aromatic rings. The highest BCUT2D eigenvalue weighted by Crippen LogP contribution is 2.60. The highest BCUT2D eigenvalue weighted by molar-refractivity contribution is 6.71. The fraction of sp³-hybridized carbons (Fsp3) is 0.417. The summed E-state index contributed by atoms with van der Waals surface area (Å²) in [5, 5.41) is 9.80. The third kappa shape index (κ3) is 6.09. The largest absolute Gasteiger partial charge is 0.497 e. The van der Waals surface area contributed by atoms with Gasteiger partial charge in [0.1, 0.15) is 12.4 Å². The van der Waals surface area contributed by atoms with Gasteiger partial charge in [-0.25, -0.2) is 4.79 Å². The van der Waals surface area contributed by atoms with Gasteiger partial charge < -0.3 is 33.9 Å². The lowest BCUT2D eigenvalue weighted by molar-refractivity contribution is -0.150. The predicted octanol–water partition coefficient (Wildman–Crippen LogP) is 4.41. The lowest BCUT2D eigenvalue weighted by Gasteiger charge is -2.32. The van der Waals surface area contributed by atoms with E-state index in [1.165, 1.54) is 0 Å². The highest BCUT2D eigenvalue weighted by atomic mass is 28.4. The smallest absolute Gasteiger partial charge is 0.414 e. The van der Waals surface area contributed by atoms with E-state index in [9.17, 15) is 24.3 Å². The van der Waals surface area contributed by atoms with Gasteiger partial charge in [-0.3, -0.25) is 14.5 Å². The molecule has 4 atom stereocenters. The number of amides is 3. The number of rotatable bonds is 11. The van der Waals surface area contributed by atoms with Crippen LogP contribution in [-0.4, -0.2) is 80.5 Å². The van der Waals surface area contributed by atoms with Crippen LogP contribution in [0, 0.1) is 5.92 Å². The zero-order valence-electron chi connectivity index (χ0n) is 27.8. The van der Waals surface area contributed by atoms with Gasteiger partial charge in [0.15, 0.2) is 13.9 Å². The van der Waals surface area contributed by atoms with E-state index in [2.05, 4.69) is 0 Å². The predicted molar refractivity (Wildman–Crippen MR) is 182 cm³/mol. The van der Waals surface area contributed by atoms with Crippen molar-refractivity contribution in [2.24, 2.45) is 5.92 Å². The fourth-order valence-electron chi connectivity index (χ4n) is 7.65. The number of methoxy groups -OCH3 is 1. The summed E-state index contributed by atoms with van der Waals surface area (Å²) in [7, 11) is -1.46. The fourth-order valence-corrected chi connectivity index (χ4v) is 10.2. The molecule has 0 saturated carbocycles. The standard InChI is InChI=1S/C36H43N3O8Si/c1-24-33(48(3,4)44)31(21-32(41)37(16-18-40)22-25-8-6-5-7-9-25)47-36(24)29-20-28(45-2)14-15-30(29)39(34(36)42)23-26-10-12-27(13-11-26)38-17-19-46-35(38)43/h5-15,20,24,31,33,40,44H,16-19,21-23H2,1-4H3/t24-,31+,33-,36+/m0/s1. The first-order chi connectivity index (χ1) is 23.0. The molecule has 0 aromatic heterocycles. The molecular weight excluding hydrogens is 630 g/mol. The van der Waals surface area contributed by atoms with Crippen molar-refractivity contribution < 1.29 is 38.5 Å². The molecule has 0 bridgehead atoms. The quantitative estimate of drug-likeness (QED) is 0.287. The Kier molecular flexibility index (Phi) is 9.36. The van der Waals surface area contributed by atoms with Gasteiger partial charge in [0.2, 0.25) is 5.91 Å². The van der Waals surface area contributed by atoms with Gasteiger partial charge in [0.25, 0.3) is 5.91 Å². The van der Waals surface area contributed by atoms with Gasteiger partial charge in [-0.1, -0.05) is 49.4 Å². The first-order valence-electron chi connectivity index (χ1n) is 16.3. The van der Waals surface area contributed by atoms with Crippen LogP contribution in [0.1, 0.15) is 30.0 Å². The molecule has 1 spiro atoms. The number of fused-ring (bicyclic) bond motifs is 2. The number of aliphatic hydroxyl groups excluding tert-OH is 1. The maximum atomic E-state index is 14.8. The zero-order valence-corrected chi connectivity index (χ0v) is 28.8. The van der Waals surface area contributed by atoms with Crippen molar-refractivity contribution in [3.05, 3.63) is 89.5 Å². The summed E-state index contributed by atoms with van der Waals surface area (Å²) in [4.78, 5) is 57.3. The Hall–Kier alpha value is -4.23. The Morgan fingerprint density at radius 1 is 1.06 bits per heavy atom. The molecule has 3 amide bonds. The summed E-state index contributed by atoms with van der Waals surface area (Å²) in [6, 6.07) is 22.5. The molecule has 48 heavy (non-hydrogen) atoms. The van der Waals surface area contributed by atoms with E-state index in [0.717, 1.165) is 16.8 Å². The van der Waals surface area contributed by atoms with E-state index in [1.54, 1.807) is 27.9 Å². The first-order valence-corrected chi connectivity index (χ1v) is 19.4. The topological polar surface area (TPSA) is 129 Å². The molecule has 3 aliphatic rings. The summed E-state index contributed by atoms with van der Waals surface area (Å²) < 4.78 is 17.5. The molecule has 3 aromatic carbocycles.